The molecule has 0 atom stereocenters. The summed E-state index contributed by atoms with van der Waals surface area (Å²) in [7, 11) is 0. The van der Waals surface area contributed by atoms with Gasteiger partial charge in [0, 0.05) is 11.9 Å². The van der Waals surface area contributed by atoms with E-state index in [2.05, 4.69) is 15.9 Å². The summed E-state index contributed by atoms with van der Waals surface area (Å²) < 4.78 is 0.952. The second-order valence-electron chi connectivity index (χ2n) is 4.16. The summed E-state index contributed by atoms with van der Waals surface area (Å²) in [5.41, 5.74) is 8.06. The van der Waals surface area contributed by atoms with Crippen molar-refractivity contribution >= 4 is 44.5 Å². The van der Waals surface area contributed by atoms with Gasteiger partial charge in [-0.2, -0.15) is 0 Å². The van der Waals surface area contributed by atoms with Crippen LogP contribution in [0.25, 0.3) is 0 Å². The minimum atomic E-state index is -0.0123. The van der Waals surface area contributed by atoms with E-state index in [1.165, 1.54) is 11.3 Å². The van der Waals surface area contributed by atoms with Gasteiger partial charge in [0.25, 0.3) is 5.91 Å². The van der Waals surface area contributed by atoms with E-state index < -0.39 is 0 Å². The van der Waals surface area contributed by atoms with Crippen molar-refractivity contribution in [1.82, 2.24) is 0 Å². The number of carbonyl (C=O) groups is 1. The molecule has 0 unspecified atom stereocenters. The zero-order valence-electron chi connectivity index (χ0n) is 10.6. The van der Waals surface area contributed by atoms with Crippen molar-refractivity contribution in [3.05, 3.63) is 45.1 Å². The summed E-state index contributed by atoms with van der Waals surface area (Å²) in [6.45, 7) is 2.70. The van der Waals surface area contributed by atoms with E-state index in [4.69, 9.17) is 5.73 Å². The van der Waals surface area contributed by atoms with Crippen LogP contribution in [0.4, 0.5) is 11.4 Å². The Balaban J connectivity index is 2.35. The summed E-state index contributed by atoms with van der Waals surface area (Å²) in [5, 5.41) is 1.86. The molecule has 0 aliphatic carbocycles. The Hall–Kier alpha value is -1.33. The minimum Gasteiger partial charge on any atom is -0.397 e. The lowest BCUT2D eigenvalue weighted by Crippen LogP contribution is -2.32. The summed E-state index contributed by atoms with van der Waals surface area (Å²) in [5.74, 6) is -0.0123. The van der Waals surface area contributed by atoms with Gasteiger partial charge in [-0.15, -0.1) is 11.3 Å². The van der Waals surface area contributed by atoms with Gasteiger partial charge < -0.3 is 10.6 Å². The molecule has 0 saturated heterocycles. The Kier molecular flexibility index (Phi) is 4.61. The number of para-hydroxylation sites is 2. The maximum absolute atomic E-state index is 12.6. The molecule has 2 aromatic rings. The second-order valence-corrected chi connectivity index (χ2v) is 6.45. The molecule has 1 aromatic heterocycles. The number of rotatable bonds is 4. The zero-order chi connectivity index (χ0) is 13.8. The lowest BCUT2D eigenvalue weighted by molar-refractivity contribution is 0.0987. The van der Waals surface area contributed by atoms with Crippen molar-refractivity contribution in [2.45, 2.75) is 13.3 Å². The van der Waals surface area contributed by atoms with Gasteiger partial charge in [0.2, 0.25) is 0 Å². The normalized spacial score (nSPS) is 10.4. The predicted molar refractivity (Wildman–Crippen MR) is 84.8 cm³/mol. The molecule has 100 valence electrons. The predicted octanol–water partition coefficient (Wildman–Crippen LogP) is 4.15. The zero-order valence-corrected chi connectivity index (χ0v) is 13.0. The van der Waals surface area contributed by atoms with Gasteiger partial charge in [-0.25, -0.2) is 0 Å². The van der Waals surface area contributed by atoms with Crippen LogP contribution in [0.3, 0.4) is 0 Å². The van der Waals surface area contributed by atoms with Crippen LogP contribution in [0.15, 0.2) is 39.5 Å². The Morgan fingerprint density at radius 1 is 1.42 bits per heavy atom. The number of hydrogen-bond acceptors (Lipinski definition) is 3. The van der Waals surface area contributed by atoms with E-state index in [0.29, 0.717) is 17.8 Å². The Labute approximate surface area is 125 Å². The SMILES string of the molecule is CCCN(C(=O)c1csc(Br)c1)c1ccccc1N. The fraction of sp³-hybridized carbons (Fsp3) is 0.214. The van der Waals surface area contributed by atoms with Crippen molar-refractivity contribution in [2.24, 2.45) is 0 Å². The number of benzene rings is 1. The third kappa shape index (κ3) is 3.16. The summed E-state index contributed by atoms with van der Waals surface area (Å²) in [6.07, 6.45) is 0.880. The molecule has 0 aliphatic heterocycles. The fourth-order valence-electron chi connectivity index (χ4n) is 1.87. The van der Waals surface area contributed by atoms with Crippen LogP contribution in [0.1, 0.15) is 23.7 Å². The second kappa shape index (κ2) is 6.21. The van der Waals surface area contributed by atoms with Crippen LogP contribution in [0.5, 0.6) is 0 Å². The maximum atomic E-state index is 12.6. The van der Waals surface area contributed by atoms with Crippen LogP contribution >= 0.6 is 27.3 Å². The Morgan fingerprint density at radius 3 is 2.74 bits per heavy atom. The molecule has 3 nitrogen and oxygen atoms in total. The first-order chi connectivity index (χ1) is 9.13. The molecule has 0 fully saturated rings. The quantitative estimate of drug-likeness (QED) is 0.851. The van der Waals surface area contributed by atoms with Crippen molar-refractivity contribution in [1.29, 1.82) is 0 Å². The van der Waals surface area contributed by atoms with Gasteiger partial charge in [-0.1, -0.05) is 19.1 Å². The average molecular weight is 339 g/mol. The molecular formula is C14H15BrN2OS. The molecule has 19 heavy (non-hydrogen) atoms. The molecule has 0 radical (unpaired) electrons. The summed E-state index contributed by atoms with van der Waals surface area (Å²) in [6, 6.07) is 9.30. The van der Waals surface area contributed by atoms with E-state index >= 15 is 0 Å². The number of anilines is 2. The first-order valence-electron chi connectivity index (χ1n) is 6.04. The van der Waals surface area contributed by atoms with Gasteiger partial charge >= 0.3 is 0 Å². The van der Waals surface area contributed by atoms with Gasteiger partial charge in [0.1, 0.15) is 0 Å². The number of hydrogen-bond donors (Lipinski definition) is 1. The van der Waals surface area contributed by atoms with Crippen LogP contribution in [-0.2, 0) is 0 Å². The van der Waals surface area contributed by atoms with Crippen molar-refractivity contribution in [3.8, 4) is 0 Å². The monoisotopic (exact) mass is 338 g/mol. The number of halogens is 1. The lowest BCUT2D eigenvalue weighted by Gasteiger charge is -2.23. The van der Waals surface area contributed by atoms with Gasteiger partial charge in [-0.05, 0) is 40.5 Å². The topological polar surface area (TPSA) is 46.3 Å². The van der Waals surface area contributed by atoms with Crippen LogP contribution in [0.2, 0.25) is 0 Å². The van der Waals surface area contributed by atoms with Crippen molar-refractivity contribution in [3.63, 3.8) is 0 Å². The third-order valence-corrected chi connectivity index (χ3v) is 4.24. The molecule has 0 spiro atoms. The highest BCUT2D eigenvalue weighted by Crippen LogP contribution is 2.27. The van der Waals surface area contributed by atoms with Crippen molar-refractivity contribution in [2.75, 3.05) is 17.2 Å². The number of carbonyl (C=O) groups excluding carboxylic acids is 1. The molecule has 5 heteroatoms. The Bertz CT molecular complexity index is 582. The first-order valence-corrected chi connectivity index (χ1v) is 7.71. The highest BCUT2D eigenvalue weighted by Gasteiger charge is 2.19. The van der Waals surface area contributed by atoms with E-state index in [0.717, 1.165) is 15.9 Å². The van der Waals surface area contributed by atoms with E-state index in [-0.39, 0.29) is 5.91 Å². The smallest absolute Gasteiger partial charge is 0.259 e. The van der Waals surface area contributed by atoms with Crippen LogP contribution < -0.4 is 10.6 Å². The number of nitrogens with zero attached hydrogens (tertiary/aromatic N) is 1. The third-order valence-electron chi connectivity index (χ3n) is 2.73. The molecule has 2 rings (SSSR count). The number of amides is 1. The minimum absolute atomic E-state index is 0.0123. The largest absolute Gasteiger partial charge is 0.397 e. The highest BCUT2D eigenvalue weighted by molar-refractivity contribution is 9.11. The fourth-order valence-corrected chi connectivity index (χ4v) is 3.00. The lowest BCUT2D eigenvalue weighted by atomic mass is 10.2. The Morgan fingerprint density at radius 2 is 2.16 bits per heavy atom. The van der Waals surface area contributed by atoms with Gasteiger partial charge in [0.15, 0.2) is 0 Å². The van der Waals surface area contributed by atoms with Crippen molar-refractivity contribution < 1.29 is 4.79 Å². The first kappa shape index (κ1) is 14.1. The molecule has 0 saturated carbocycles. The number of nitrogen functional groups attached to an aromatic ring is 1. The highest BCUT2D eigenvalue weighted by atomic mass is 79.9. The van der Waals surface area contributed by atoms with Gasteiger partial charge in [-0.3, -0.25) is 4.79 Å². The maximum Gasteiger partial charge on any atom is 0.259 e. The molecule has 1 heterocycles. The van der Waals surface area contributed by atoms with Gasteiger partial charge in [0.05, 0.1) is 20.7 Å². The van der Waals surface area contributed by atoms with E-state index in [9.17, 15) is 4.79 Å². The number of nitrogens with two attached hydrogens (primary N) is 1. The summed E-state index contributed by atoms with van der Waals surface area (Å²) in [4.78, 5) is 14.3. The molecule has 0 aliphatic rings. The van der Waals surface area contributed by atoms with E-state index in [1.807, 2.05) is 42.6 Å². The molecule has 2 N–H and O–H groups in total. The van der Waals surface area contributed by atoms with Crippen LogP contribution in [0, 0.1) is 0 Å². The standard InChI is InChI=1S/C14H15BrN2OS/c1-2-7-17(12-6-4-3-5-11(12)16)14(18)10-8-13(15)19-9-10/h3-6,8-9H,2,7,16H2,1H3. The molecule has 1 aromatic carbocycles. The molecular weight excluding hydrogens is 324 g/mol. The summed E-state index contributed by atoms with van der Waals surface area (Å²) >= 11 is 4.89. The number of thiophene rings is 1. The van der Waals surface area contributed by atoms with E-state index in [1.54, 1.807) is 4.90 Å². The van der Waals surface area contributed by atoms with Crippen LogP contribution in [-0.4, -0.2) is 12.5 Å². The molecule has 1 amide bonds. The average Bonchev–Trinajstić information content (AvgIpc) is 2.83. The molecule has 0 bridgehead atoms.